The lowest BCUT2D eigenvalue weighted by Gasteiger charge is -2.16. The number of aliphatic hydroxyl groups excluding tert-OH is 1. The first-order valence-corrected chi connectivity index (χ1v) is 10.4. The molecule has 0 saturated heterocycles. The average Bonchev–Trinajstić information content (AvgIpc) is 2.84. The number of rotatable bonds is 3. The number of halogens is 3. The van der Waals surface area contributed by atoms with Gasteiger partial charge in [-0.05, 0) is 49.4 Å². The molecule has 1 N–H and O–H groups in total. The number of fused-ring (bicyclic) bond motifs is 3. The van der Waals surface area contributed by atoms with Crippen molar-refractivity contribution in [2.45, 2.75) is 19.8 Å². The molecule has 5 rings (SSSR count). The summed E-state index contributed by atoms with van der Waals surface area (Å²) in [6.07, 6.45) is -1.83. The van der Waals surface area contributed by atoms with Crippen molar-refractivity contribution in [1.29, 1.82) is 0 Å². The van der Waals surface area contributed by atoms with E-state index >= 15 is 0 Å². The van der Waals surface area contributed by atoms with Crippen molar-refractivity contribution in [2.24, 2.45) is 0 Å². The van der Waals surface area contributed by atoms with Gasteiger partial charge in [0.25, 0.3) is 5.56 Å². The zero-order valence-corrected chi connectivity index (χ0v) is 18.1. The number of pyridine rings is 3. The van der Waals surface area contributed by atoms with Gasteiger partial charge < -0.3 is 5.11 Å². The van der Waals surface area contributed by atoms with Gasteiger partial charge in [-0.15, -0.1) is 0 Å². The van der Waals surface area contributed by atoms with E-state index in [2.05, 4.69) is 15.0 Å². The van der Waals surface area contributed by atoms with Crippen LogP contribution in [-0.2, 0) is 12.9 Å². The molecule has 0 fully saturated rings. The van der Waals surface area contributed by atoms with Crippen molar-refractivity contribution in [2.75, 3.05) is 0 Å². The number of alkyl halides is 3. The van der Waals surface area contributed by atoms with Crippen molar-refractivity contribution in [3.8, 4) is 16.9 Å². The number of hydrogen-bond donors (Lipinski definition) is 1. The molecule has 0 aliphatic rings. The van der Waals surface area contributed by atoms with Crippen LogP contribution in [0, 0.1) is 6.92 Å². The van der Waals surface area contributed by atoms with Crippen molar-refractivity contribution >= 4 is 21.9 Å². The molecule has 0 aliphatic heterocycles. The smallest absolute Gasteiger partial charge is 0.376 e. The largest absolute Gasteiger partial charge is 0.416 e. The van der Waals surface area contributed by atoms with E-state index in [-0.39, 0.29) is 22.1 Å². The SMILES string of the molecule is Cc1ccc(-c2ccc3ncc4c(=O)n(CO)c(=O)n(-c5cccc(C(F)(F)F)c5)c4c3n2)cn1. The topological polar surface area (TPSA) is 103 Å². The molecule has 0 atom stereocenters. The molecule has 0 amide bonds. The fourth-order valence-electron chi connectivity index (χ4n) is 3.85. The molecule has 0 unspecified atom stereocenters. The summed E-state index contributed by atoms with van der Waals surface area (Å²) in [5.41, 5.74) is -0.612. The number of benzene rings is 1. The van der Waals surface area contributed by atoms with Crippen LogP contribution in [-0.4, -0.2) is 29.2 Å². The molecule has 35 heavy (non-hydrogen) atoms. The van der Waals surface area contributed by atoms with Crippen molar-refractivity contribution < 1.29 is 18.3 Å². The highest BCUT2D eigenvalue weighted by Gasteiger charge is 2.31. The predicted molar refractivity (Wildman–Crippen MR) is 122 cm³/mol. The highest BCUT2D eigenvalue weighted by molar-refractivity contribution is 6.01. The van der Waals surface area contributed by atoms with Gasteiger partial charge in [0.2, 0.25) is 0 Å². The van der Waals surface area contributed by atoms with E-state index in [4.69, 9.17) is 0 Å². The minimum absolute atomic E-state index is 0.0176. The number of aryl methyl sites for hydroxylation is 1. The van der Waals surface area contributed by atoms with Crippen LogP contribution in [0.5, 0.6) is 0 Å². The van der Waals surface area contributed by atoms with Gasteiger partial charge >= 0.3 is 11.9 Å². The highest BCUT2D eigenvalue weighted by atomic mass is 19.4. The van der Waals surface area contributed by atoms with Crippen LogP contribution in [0.4, 0.5) is 13.2 Å². The first-order chi connectivity index (χ1) is 16.7. The molecule has 5 aromatic rings. The Morgan fingerprint density at radius 3 is 2.49 bits per heavy atom. The molecular formula is C24H16F3N5O3. The Kier molecular flexibility index (Phi) is 5.21. The molecule has 176 valence electrons. The molecule has 1 aromatic carbocycles. The summed E-state index contributed by atoms with van der Waals surface area (Å²) in [5.74, 6) is 0. The summed E-state index contributed by atoms with van der Waals surface area (Å²) in [7, 11) is 0. The van der Waals surface area contributed by atoms with Crippen LogP contribution in [0.2, 0.25) is 0 Å². The first kappa shape index (κ1) is 22.4. The quantitative estimate of drug-likeness (QED) is 0.398. The van der Waals surface area contributed by atoms with E-state index in [9.17, 15) is 27.9 Å². The molecule has 0 spiro atoms. The second kappa shape index (κ2) is 8.13. The Hall–Kier alpha value is -4.38. The van der Waals surface area contributed by atoms with Gasteiger partial charge in [-0.2, -0.15) is 13.2 Å². The van der Waals surface area contributed by atoms with Crippen LogP contribution in [0.25, 0.3) is 38.9 Å². The Morgan fingerprint density at radius 1 is 1.00 bits per heavy atom. The second-order valence-electron chi connectivity index (χ2n) is 7.81. The lowest BCUT2D eigenvalue weighted by atomic mass is 10.1. The monoisotopic (exact) mass is 479 g/mol. The Morgan fingerprint density at radius 2 is 1.80 bits per heavy atom. The van der Waals surface area contributed by atoms with Gasteiger partial charge in [-0.3, -0.25) is 19.3 Å². The van der Waals surface area contributed by atoms with E-state index in [0.717, 1.165) is 28.5 Å². The van der Waals surface area contributed by atoms with Gasteiger partial charge in [0, 0.05) is 23.7 Å². The number of nitrogens with zero attached hydrogens (tertiary/aromatic N) is 5. The van der Waals surface area contributed by atoms with Gasteiger partial charge in [-0.25, -0.2) is 14.3 Å². The average molecular weight is 479 g/mol. The lowest BCUT2D eigenvalue weighted by Crippen LogP contribution is -2.39. The molecule has 0 radical (unpaired) electrons. The van der Waals surface area contributed by atoms with E-state index in [1.165, 1.54) is 12.3 Å². The number of aliphatic hydroxyl groups is 1. The summed E-state index contributed by atoms with van der Waals surface area (Å²) in [6.45, 7) is 0.863. The molecule has 4 heterocycles. The lowest BCUT2D eigenvalue weighted by molar-refractivity contribution is -0.137. The van der Waals surface area contributed by atoms with E-state index in [0.29, 0.717) is 21.3 Å². The third-order valence-corrected chi connectivity index (χ3v) is 5.59. The van der Waals surface area contributed by atoms with E-state index < -0.39 is 29.7 Å². The molecule has 8 nitrogen and oxygen atoms in total. The maximum Gasteiger partial charge on any atom is 0.416 e. The maximum atomic E-state index is 13.4. The van der Waals surface area contributed by atoms with Gasteiger partial charge in [0.15, 0.2) is 0 Å². The number of aromatic nitrogens is 5. The Balaban J connectivity index is 1.93. The Bertz CT molecular complexity index is 1720. The molecular weight excluding hydrogens is 463 g/mol. The van der Waals surface area contributed by atoms with Crippen LogP contribution < -0.4 is 11.2 Å². The molecule has 4 aromatic heterocycles. The fourth-order valence-corrected chi connectivity index (χ4v) is 3.85. The standard InChI is InChI=1S/C24H16F3N5O3/c1-13-5-6-14(10-28-13)18-7-8-19-20(30-18)21-17(11-29-19)22(34)31(12-33)23(35)32(21)16-4-2-3-15(9-16)24(25,26)27/h2-11,33H,12H2,1H3. The minimum Gasteiger partial charge on any atom is -0.376 e. The van der Waals surface area contributed by atoms with Crippen molar-refractivity contribution in [3.63, 3.8) is 0 Å². The zero-order chi connectivity index (χ0) is 24.9. The first-order valence-electron chi connectivity index (χ1n) is 10.4. The third kappa shape index (κ3) is 3.75. The van der Waals surface area contributed by atoms with E-state index in [1.807, 2.05) is 6.92 Å². The van der Waals surface area contributed by atoms with Crippen molar-refractivity contribution in [3.05, 3.63) is 93.0 Å². The number of hydrogen-bond acceptors (Lipinski definition) is 6. The predicted octanol–water partition coefficient (Wildman–Crippen LogP) is 3.43. The second-order valence-corrected chi connectivity index (χ2v) is 7.81. The zero-order valence-electron chi connectivity index (χ0n) is 18.1. The summed E-state index contributed by atoms with van der Waals surface area (Å²) in [4.78, 5) is 39.3. The summed E-state index contributed by atoms with van der Waals surface area (Å²) in [5, 5.41) is 9.58. The normalized spacial score (nSPS) is 11.9. The summed E-state index contributed by atoms with van der Waals surface area (Å²) >= 11 is 0. The molecule has 0 saturated carbocycles. The van der Waals surface area contributed by atoms with E-state index in [1.54, 1.807) is 30.5 Å². The Labute approximate surface area is 194 Å². The van der Waals surface area contributed by atoms with Crippen LogP contribution in [0.1, 0.15) is 11.3 Å². The van der Waals surface area contributed by atoms with Gasteiger partial charge in [0.1, 0.15) is 12.2 Å². The van der Waals surface area contributed by atoms with Crippen molar-refractivity contribution in [1.82, 2.24) is 24.1 Å². The van der Waals surface area contributed by atoms with Gasteiger partial charge in [0.05, 0.1) is 33.4 Å². The van der Waals surface area contributed by atoms with Crippen LogP contribution in [0.15, 0.2) is 70.5 Å². The fraction of sp³-hybridized carbons (Fsp3) is 0.125. The van der Waals surface area contributed by atoms with Gasteiger partial charge in [-0.1, -0.05) is 6.07 Å². The highest BCUT2D eigenvalue weighted by Crippen LogP contribution is 2.31. The maximum absolute atomic E-state index is 13.4. The molecule has 11 heteroatoms. The minimum atomic E-state index is -4.66. The summed E-state index contributed by atoms with van der Waals surface area (Å²) < 4.78 is 41.7. The molecule has 0 aliphatic carbocycles. The third-order valence-electron chi connectivity index (χ3n) is 5.59. The van der Waals surface area contributed by atoms with Crippen LogP contribution >= 0.6 is 0 Å². The molecule has 0 bridgehead atoms. The summed E-state index contributed by atoms with van der Waals surface area (Å²) in [6, 6.07) is 11.1. The van der Waals surface area contributed by atoms with Crippen LogP contribution in [0.3, 0.4) is 0 Å².